The lowest BCUT2D eigenvalue weighted by Gasteiger charge is -2.34. The van der Waals surface area contributed by atoms with Gasteiger partial charge in [-0.3, -0.25) is 4.79 Å². The van der Waals surface area contributed by atoms with Gasteiger partial charge in [-0.1, -0.05) is 0 Å². The van der Waals surface area contributed by atoms with Gasteiger partial charge in [0.1, 0.15) is 11.1 Å². The van der Waals surface area contributed by atoms with Crippen molar-refractivity contribution in [3.8, 4) is 0 Å². The van der Waals surface area contributed by atoms with Crippen LogP contribution in [0, 0.1) is 0 Å². The second-order valence-corrected chi connectivity index (χ2v) is 6.41. The van der Waals surface area contributed by atoms with E-state index in [1.54, 1.807) is 7.11 Å². The van der Waals surface area contributed by atoms with Gasteiger partial charge >= 0.3 is 0 Å². The molecule has 2 heterocycles. The third kappa shape index (κ3) is 2.72. The number of carbonyl (C=O) groups excluding carboxylic acids is 1. The molecule has 0 unspecified atom stereocenters. The van der Waals surface area contributed by atoms with Crippen LogP contribution in [-0.2, 0) is 9.53 Å². The highest BCUT2D eigenvalue weighted by molar-refractivity contribution is 5.98. The summed E-state index contributed by atoms with van der Waals surface area (Å²) in [6.07, 6.45) is 3.66. The maximum atomic E-state index is 12.7. The van der Waals surface area contributed by atoms with Gasteiger partial charge < -0.3 is 19.8 Å². The first-order chi connectivity index (χ1) is 11.2. The summed E-state index contributed by atoms with van der Waals surface area (Å²) in [6, 6.07) is 5.59. The summed E-state index contributed by atoms with van der Waals surface area (Å²) in [5.74, 6) is 1.20. The predicted octanol–water partition coefficient (Wildman–Crippen LogP) is 2.41. The fourth-order valence-electron chi connectivity index (χ4n) is 3.13. The number of piperidine rings is 1. The Morgan fingerprint density at radius 1 is 1.39 bits per heavy atom. The minimum atomic E-state index is -0.747. The number of rotatable bonds is 4. The van der Waals surface area contributed by atoms with Crippen LogP contribution in [-0.4, -0.2) is 36.7 Å². The molecule has 1 saturated heterocycles. The first-order valence-electron chi connectivity index (χ1n) is 8.18. The van der Waals surface area contributed by atoms with Crippen molar-refractivity contribution in [2.45, 2.75) is 37.2 Å². The van der Waals surface area contributed by atoms with Crippen molar-refractivity contribution in [2.24, 2.45) is 0 Å². The molecule has 1 aromatic heterocycles. The van der Waals surface area contributed by atoms with Crippen LogP contribution in [0.4, 0.5) is 5.69 Å². The fraction of sp³-hybridized carbons (Fsp3) is 0.529. The lowest BCUT2D eigenvalue weighted by Crippen LogP contribution is -2.51. The Hall–Kier alpha value is -1.92. The van der Waals surface area contributed by atoms with Crippen LogP contribution in [0.5, 0.6) is 0 Å². The monoisotopic (exact) mass is 315 g/mol. The lowest BCUT2D eigenvalue weighted by molar-refractivity contribution is -0.140. The second kappa shape index (κ2) is 5.62. The highest BCUT2D eigenvalue weighted by atomic mass is 16.5. The van der Waals surface area contributed by atoms with E-state index in [-0.39, 0.29) is 5.91 Å². The molecule has 0 radical (unpaired) electrons. The van der Waals surface area contributed by atoms with Crippen LogP contribution in [0.2, 0.25) is 0 Å². The SMILES string of the molecule is COC1(C(=O)Nc2ccc3oc(C4CC4)nc3c2)CCNCC1. The number of aromatic nitrogens is 1. The molecule has 1 aromatic carbocycles. The third-order valence-corrected chi connectivity index (χ3v) is 4.80. The number of anilines is 1. The molecule has 2 N–H and O–H groups in total. The molecule has 1 saturated carbocycles. The van der Waals surface area contributed by atoms with Crippen LogP contribution in [0.15, 0.2) is 22.6 Å². The van der Waals surface area contributed by atoms with Gasteiger partial charge in [-0.2, -0.15) is 0 Å². The van der Waals surface area contributed by atoms with Crippen LogP contribution >= 0.6 is 0 Å². The number of nitrogens with one attached hydrogen (secondary N) is 2. The van der Waals surface area contributed by atoms with E-state index in [0.717, 1.165) is 48.6 Å². The Labute approximate surface area is 134 Å². The van der Waals surface area contributed by atoms with Crippen molar-refractivity contribution in [3.63, 3.8) is 0 Å². The number of benzene rings is 1. The first kappa shape index (κ1) is 14.7. The molecule has 2 aromatic rings. The molecule has 1 aliphatic heterocycles. The van der Waals surface area contributed by atoms with Crippen molar-refractivity contribution in [1.29, 1.82) is 0 Å². The molecule has 2 fully saturated rings. The quantitative estimate of drug-likeness (QED) is 0.906. The van der Waals surface area contributed by atoms with Gasteiger partial charge in [0.15, 0.2) is 11.5 Å². The van der Waals surface area contributed by atoms with Gasteiger partial charge in [-0.05, 0) is 57.0 Å². The average Bonchev–Trinajstić information content (AvgIpc) is 3.35. The number of ether oxygens (including phenoxy) is 1. The number of methoxy groups -OCH3 is 1. The highest BCUT2D eigenvalue weighted by Gasteiger charge is 2.39. The molecular formula is C17H21N3O3. The topological polar surface area (TPSA) is 76.4 Å². The van der Waals surface area contributed by atoms with Crippen LogP contribution < -0.4 is 10.6 Å². The second-order valence-electron chi connectivity index (χ2n) is 6.41. The Morgan fingerprint density at radius 3 is 2.87 bits per heavy atom. The molecule has 4 rings (SSSR count). The minimum Gasteiger partial charge on any atom is -0.440 e. The Kier molecular flexibility index (Phi) is 3.58. The van der Waals surface area contributed by atoms with Gasteiger partial charge in [0, 0.05) is 18.7 Å². The number of hydrogen-bond acceptors (Lipinski definition) is 5. The van der Waals surface area contributed by atoms with Crippen molar-refractivity contribution >= 4 is 22.7 Å². The molecule has 2 aliphatic rings. The third-order valence-electron chi connectivity index (χ3n) is 4.80. The molecule has 6 nitrogen and oxygen atoms in total. The number of fused-ring (bicyclic) bond motifs is 1. The standard InChI is InChI=1S/C17H21N3O3/c1-22-17(6-8-18-9-7-17)16(21)19-12-4-5-14-13(10-12)20-15(23-14)11-2-3-11/h4-5,10-11,18H,2-3,6-9H2,1H3,(H,19,21). The van der Waals surface area contributed by atoms with Gasteiger partial charge in [-0.25, -0.2) is 4.98 Å². The van der Waals surface area contributed by atoms with E-state index >= 15 is 0 Å². The molecule has 1 aliphatic carbocycles. The summed E-state index contributed by atoms with van der Waals surface area (Å²) in [4.78, 5) is 17.2. The van der Waals surface area contributed by atoms with Crippen LogP contribution in [0.1, 0.15) is 37.5 Å². The normalized spacial score (nSPS) is 20.6. The molecule has 0 spiro atoms. The average molecular weight is 315 g/mol. The summed E-state index contributed by atoms with van der Waals surface area (Å²) in [7, 11) is 1.60. The Balaban J connectivity index is 1.55. The van der Waals surface area contributed by atoms with Gasteiger partial charge in [0.2, 0.25) is 0 Å². The van der Waals surface area contributed by atoms with Crippen LogP contribution in [0.3, 0.4) is 0 Å². The number of carbonyl (C=O) groups is 1. The molecule has 122 valence electrons. The smallest absolute Gasteiger partial charge is 0.256 e. The van der Waals surface area contributed by atoms with E-state index in [0.29, 0.717) is 18.8 Å². The zero-order valence-electron chi connectivity index (χ0n) is 13.2. The molecule has 6 heteroatoms. The number of nitrogens with zero attached hydrogens (tertiary/aromatic N) is 1. The largest absolute Gasteiger partial charge is 0.440 e. The van der Waals surface area contributed by atoms with E-state index in [2.05, 4.69) is 15.6 Å². The Bertz CT molecular complexity index is 730. The lowest BCUT2D eigenvalue weighted by atomic mass is 9.91. The summed E-state index contributed by atoms with van der Waals surface area (Å²) >= 11 is 0. The molecule has 0 bridgehead atoms. The number of oxazole rings is 1. The molecule has 1 amide bonds. The predicted molar refractivity (Wildman–Crippen MR) is 86.5 cm³/mol. The summed E-state index contributed by atoms with van der Waals surface area (Å²) < 4.78 is 11.3. The Morgan fingerprint density at radius 2 is 2.17 bits per heavy atom. The van der Waals surface area contributed by atoms with Crippen LogP contribution in [0.25, 0.3) is 11.1 Å². The van der Waals surface area contributed by atoms with E-state index in [1.165, 1.54) is 0 Å². The van der Waals surface area contributed by atoms with Gasteiger partial charge in [-0.15, -0.1) is 0 Å². The van der Waals surface area contributed by atoms with Gasteiger partial charge in [0.25, 0.3) is 5.91 Å². The van der Waals surface area contributed by atoms with Crippen molar-refractivity contribution in [1.82, 2.24) is 10.3 Å². The maximum Gasteiger partial charge on any atom is 0.256 e. The van der Waals surface area contributed by atoms with Gasteiger partial charge in [0.05, 0.1) is 0 Å². The summed E-state index contributed by atoms with van der Waals surface area (Å²) in [6.45, 7) is 1.57. The molecular weight excluding hydrogens is 294 g/mol. The van der Waals surface area contributed by atoms with Crippen molar-refractivity contribution < 1.29 is 13.9 Å². The zero-order chi connectivity index (χ0) is 15.9. The first-order valence-corrected chi connectivity index (χ1v) is 8.18. The van der Waals surface area contributed by atoms with E-state index in [1.807, 2.05) is 18.2 Å². The highest BCUT2D eigenvalue weighted by Crippen LogP contribution is 2.40. The van der Waals surface area contributed by atoms with E-state index < -0.39 is 5.60 Å². The number of amides is 1. The molecule has 23 heavy (non-hydrogen) atoms. The summed E-state index contributed by atoms with van der Waals surface area (Å²) in [5.41, 5.74) is 1.55. The zero-order valence-corrected chi connectivity index (χ0v) is 13.2. The number of hydrogen-bond donors (Lipinski definition) is 2. The minimum absolute atomic E-state index is 0.0910. The fourth-order valence-corrected chi connectivity index (χ4v) is 3.13. The van der Waals surface area contributed by atoms with E-state index in [4.69, 9.17) is 9.15 Å². The maximum absolute atomic E-state index is 12.7. The summed E-state index contributed by atoms with van der Waals surface area (Å²) in [5, 5.41) is 6.23. The van der Waals surface area contributed by atoms with E-state index in [9.17, 15) is 4.79 Å². The van der Waals surface area contributed by atoms with Crippen molar-refractivity contribution in [2.75, 3.05) is 25.5 Å². The molecule has 0 atom stereocenters. The van der Waals surface area contributed by atoms with Crippen molar-refractivity contribution in [3.05, 3.63) is 24.1 Å².